The number of rotatable bonds is 7. The molecule has 0 radical (unpaired) electrons. The third kappa shape index (κ3) is 9.96. The summed E-state index contributed by atoms with van der Waals surface area (Å²) >= 11 is 0. The Hall–Kier alpha value is -0.330. The molecule has 6 heteroatoms. The zero-order chi connectivity index (χ0) is 11.9. The zero-order valence-electron chi connectivity index (χ0n) is 9.28. The van der Waals surface area contributed by atoms with Crippen LogP contribution in [0.25, 0.3) is 0 Å². The van der Waals surface area contributed by atoms with Gasteiger partial charge in [0.05, 0.1) is 12.2 Å². The van der Waals surface area contributed by atoms with Gasteiger partial charge in [-0.3, -0.25) is 0 Å². The van der Waals surface area contributed by atoms with Gasteiger partial charge < -0.3 is 14.8 Å². The highest BCUT2D eigenvalue weighted by Crippen LogP contribution is 2.13. The van der Waals surface area contributed by atoms with Crippen molar-refractivity contribution in [3.63, 3.8) is 0 Å². The summed E-state index contributed by atoms with van der Waals surface area (Å²) < 4.78 is 44.5. The van der Waals surface area contributed by atoms with Gasteiger partial charge in [-0.25, -0.2) is 0 Å². The topological polar surface area (TPSA) is 30.5 Å². The summed E-state index contributed by atoms with van der Waals surface area (Å²) in [6.45, 7) is 3.57. The quantitative estimate of drug-likeness (QED) is 0.672. The minimum atomic E-state index is -4.24. The maximum Gasteiger partial charge on any atom is 0.411 e. The summed E-state index contributed by atoms with van der Waals surface area (Å²) in [5.74, 6) is 0. The molecule has 0 unspecified atom stereocenters. The van der Waals surface area contributed by atoms with Gasteiger partial charge in [-0.05, 0) is 13.8 Å². The van der Waals surface area contributed by atoms with Crippen molar-refractivity contribution in [2.45, 2.75) is 25.6 Å². The van der Waals surface area contributed by atoms with Crippen LogP contribution in [0.5, 0.6) is 0 Å². The van der Waals surface area contributed by atoms with Gasteiger partial charge in [0.25, 0.3) is 0 Å². The van der Waals surface area contributed by atoms with Crippen LogP contribution in [0.4, 0.5) is 13.2 Å². The second kappa shape index (κ2) is 6.30. The first kappa shape index (κ1) is 14.7. The summed E-state index contributed by atoms with van der Waals surface area (Å²) in [6.07, 6.45) is -4.24. The zero-order valence-corrected chi connectivity index (χ0v) is 9.28. The molecule has 0 heterocycles. The van der Waals surface area contributed by atoms with E-state index < -0.39 is 12.8 Å². The third-order valence-corrected chi connectivity index (χ3v) is 1.79. The molecule has 92 valence electrons. The number of alkyl halides is 3. The highest BCUT2D eigenvalue weighted by atomic mass is 19.4. The van der Waals surface area contributed by atoms with Gasteiger partial charge in [0, 0.05) is 20.2 Å². The molecule has 0 spiro atoms. The lowest BCUT2D eigenvalue weighted by Gasteiger charge is -2.23. The molecule has 0 aliphatic carbocycles. The van der Waals surface area contributed by atoms with Gasteiger partial charge in [-0.1, -0.05) is 0 Å². The number of hydrogen-bond donors (Lipinski definition) is 1. The number of ether oxygens (including phenoxy) is 2. The second-order valence-corrected chi connectivity index (χ2v) is 3.81. The normalized spacial score (nSPS) is 13.2. The first-order valence-electron chi connectivity index (χ1n) is 4.67. The maximum atomic E-state index is 11.6. The van der Waals surface area contributed by atoms with Crippen LogP contribution >= 0.6 is 0 Å². The van der Waals surface area contributed by atoms with Crippen LogP contribution in [0.3, 0.4) is 0 Å². The minimum absolute atomic E-state index is 0.0410. The Labute approximate surface area is 87.9 Å². The Bertz CT molecular complexity index is 171. The molecule has 3 nitrogen and oxygen atoms in total. The molecule has 0 saturated carbocycles. The van der Waals surface area contributed by atoms with Crippen molar-refractivity contribution >= 4 is 0 Å². The van der Waals surface area contributed by atoms with Crippen LogP contribution in [-0.4, -0.2) is 45.2 Å². The largest absolute Gasteiger partial charge is 0.411 e. The van der Waals surface area contributed by atoms with E-state index in [9.17, 15) is 13.2 Å². The van der Waals surface area contributed by atoms with Crippen LogP contribution in [0.1, 0.15) is 13.8 Å². The molecule has 0 aromatic heterocycles. The van der Waals surface area contributed by atoms with Crippen molar-refractivity contribution in [1.29, 1.82) is 0 Å². The van der Waals surface area contributed by atoms with E-state index in [0.29, 0.717) is 13.1 Å². The highest BCUT2D eigenvalue weighted by Gasteiger charge is 2.27. The first-order chi connectivity index (χ1) is 6.77. The van der Waals surface area contributed by atoms with Crippen molar-refractivity contribution in [3.05, 3.63) is 0 Å². The average Bonchev–Trinajstić information content (AvgIpc) is 2.09. The Kier molecular flexibility index (Phi) is 6.16. The molecule has 0 aromatic carbocycles. The number of halogens is 3. The Balaban J connectivity index is 3.33. The smallest absolute Gasteiger partial charge is 0.377 e. The van der Waals surface area contributed by atoms with Crippen LogP contribution < -0.4 is 5.32 Å². The fourth-order valence-electron chi connectivity index (χ4n) is 0.794. The van der Waals surface area contributed by atoms with Crippen LogP contribution in [0.15, 0.2) is 0 Å². The monoisotopic (exact) mass is 229 g/mol. The Morgan fingerprint density at radius 2 is 1.80 bits per heavy atom. The molecule has 0 saturated heterocycles. The van der Waals surface area contributed by atoms with Gasteiger partial charge in [-0.15, -0.1) is 0 Å². The minimum Gasteiger partial charge on any atom is -0.377 e. The molecule has 0 bridgehead atoms. The van der Waals surface area contributed by atoms with Gasteiger partial charge in [0.2, 0.25) is 0 Å². The van der Waals surface area contributed by atoms with E-state index in [1.165, 1.54) is 0 Å². The van der Waals surface area contributed by atoms with Crippen molar-refractivity contribution in [2.24, 2.45) is 0 Å². The SMILES string of the molecule is COC(C)(C)CNCCOCC(F)(F)F. The predicted molar refractivity (Wildman–Crippen MR) is 50.8 cm³/mol. The van der Waals surface area contributed by atoms with E-state index in [-0.39, 0.29) is 12.2 Å². The number of nitrogens with one attached hydrogen (secondary N) is 1. The Morgan fingerprint density at radius 3 is 2.27 bits per heavy atom. The van der Waals surface area contributed by atoms with Crippen molar-refractivity contribution in [2.75, 3.05) is 33.4 Å². The van der Waals surface area contributed by atoms with Gasteiger partial charge >= 0.3 is 6.18 Å². The first-order valence-corrected chi connectivity index (χ1v) is 4.67. The molecule has 0 aliphatic heterocycles. The fraction of sp³-hybridized carbons (Fsp3) is 1.00. The number of hydrogen-bond acceptors (Lipinski definition) is 3. The molecule has 0 rings (SSSR count). The van der Waals surface area contributed by atoms with E-state index in [4.69, 9.17) is 4.74 Å². The van der Waals surface area contributed by atoms with Gasteiger partial charge in [0.15, 0.2) is 0 Å². The molecule has 1 N–H and O–H groups in total. The van der Waals surface area contributed by atoms with Crippen LogP contribution in [0, 0.1) is 0 Å². The number of methoxy groups -OCH3 is 1. The van der Waals surface area contributed by atoms with Gasteiger partial charge in [-0.2, -0.15) is 13.2 Å². The molecule has 0 aliphatic rings. The van der Waals surface area contributed by atoms with E-state index in [0.717, 1.165) is 0 Å². The molecule has 0 fully saturated rings. The summed E-state index contributed by atoms with van der Waals surface area (Å²) in [4.78, 5) is 0. The summed E-state index contributed by atoms with van der Waals surface area (Å²) in [5, 5.41) is 2.95. The van der Waals surface area contributed by atoms with E-state index in [1.54, 1.807) is 7.11 Å². The maximum absolute atomic E-state index is 11.6. The molecule has 15 heavy (non-hydrogen) atoms. The summed E-state index contributed by atoms with van der Waals surface area (Å²) in [5.41, 5.74) is -0.315. The standard InChI is InChI=1S/C9H18F3NO2/c1-8(2,14-3)6-13-4-5-15-7-9(10,11)12/h13H,4-7H2,1-3H3. The highest BCUT2D eigenvalue weighted by molar-refractivity contribution is 4.70. The fourth-order valence-corrected chi connectivity index (χ4v) is 0.794. The van der Waals surface area contributed by atoms with Gasteiger partial charge in [0.1, 0.15) is 6.61 Å². The average molecular weight is 229 g/mol. The third-order valence-electron chi connectivity index (χ3n) is 1.79. The summed E-state index contributed by atoms with van der Waals surface area (Å²) in [7, 11) is 1.59. The molecule has 0 amide bonds. The summed E-state index contributed by atoms with van der Waals surface area (Å²) in [6, 6.07) is 0. The lowest BCUT2D eigenvalue weighted by atomic mass is 10.1. The van der Waals surface area contributed by atoms with Crippen LogP contribution in [-0.2, 0) is 9.47 Å². The van der Waals surface area contributed by atoms with Crippen molar-refractivity contribution in [3.8, 4) is 0 Å². The molecule has 0 aromatic rings. The second-order valence-electron chi connectivity index (χ2n) is 3.81. The predicted octanol–water partition coefficient (Wildman–Crippen LogP) is 1.58. The molecule has 0 atom stereocenters. The van der Waals surface area contributed by atoms with E-state index >= 15 is 0 Å². The molecular weight excluding hydrogens is 211 g/mol. The lowest BCUT2D eigenvalue weighted by molar-refractivity contribution is -0.173. The van der Waals surface area contributed by atoms with E-state index in [1.807, 2.05) is 13.8 Å². The lowest BCUT2D eigenvalue weighted by Crippen LogP contribution is -2.38. The van der Waals surface area contributed by atoms with Crippen LogP contribution in [0.2, 0.25) is 0 Å². The van der Waals surface area contributed by atoms with Crippen molar-refractivity contribution in [1.82, 2.24) is 5.32 Å². The Morgan fingerprint density at radius 1 is 1.20 bits per heavy atom. The van der Waals surface area contributed by atoms with Crippen molar-refractivity contribution < 1.29 is 22.6 Å². The molecular formula is C9H18F3NO2. The van der Waals surface area contributed by atoms with E-state index in [2.05, 4.69) is 10.1 Å².